The molecule has 8 heteroatoms. The maximum atomic E-state index is 14.9. The molecule has 0 radical (unpaired) electrons. The van der Waals surface area contributed by atoms with E-state index in [-0.39, 0.29) is 30.5 Å². The first kappa shape index (κ1) is 17.5. The lowest BCUT2D eigenvalue weighted by atomic mass is 9.82. The molecule has 2 aromatic rings. The molecule has 5 rings (SSSR count). The topological polar surface area (TPSA) is 85.0 Å². The fourth-order valence-corrected chi connectivity index (χ4v) is 4.59. The number of aliphatic hydroxyl groups excluding tert-OH is 1. The molecule has 148 valence electrons. The highest BCUT2D eigenvalue weighted by atomic mass is 19.1. The van der Waals surface area contributed by atoms with E-state index in [0.29, 0.717) is 36.4 Å². The standard InChI is InChI=1S/C20H21FN2O5/c21-15-9-16-12(7-14(15)11-1-3-13(24)4-2-11)8-17-18(28-20(25)23(16)17)10-26-19-5-6-27-22-19/h5-7,9,11,13,17-18,24H,1-4,8,10H2/t11?,13?,17-,18?/m0/s1. The van der Waals surface area contributed by atoms with E-state index in [9.17, 15) is 14.3 Å². The molecular formula is C20H21FN2O5. The van der Waals surface area contributed by atoms with Gasteiger partial charge in [0.2, 0.25) is 0 Å². The van der Waals surface area contributed by atoms with Crippen molar-refractivity contribution in [2.75, 3.05) is 11.5 Å². The Hall–Kier alpha value is -2.61. The van der Waals surface area contributed by atoms with E-state index in [1.54, 1.807) is 6.07 Å². The van der Waals surface area contributed by atoms with Gasteiger partial charge < -0.3 is 19.1 Å². The van der Waals surface area contributed by atoms with Crippen LogP contribution in [0.15, 0.2) is 29.0 Å². The van der Waals surface area contributed by atoms with Crippen LogP contribution in [0.4, 0.5) is 14.9 Å². The zero-order valence-corrected chi connectivity index (χ0v) is 15.2. The minimum Gasteiger partial charge on any atom is -0.471 e. The second-order valence-electron chi connectivity index (χ2n) is 7.72. The van der Waals surface area contributed by atoms with E-state index in [0.717, 1.165) is 18.4 Å². The van der Waals surface area contributed by atoms with Crippen LogP contribution in [0, 0.1) is 5.82 Å². The van der Waals surface area contributed by atoms with Gasteiger partial charge in [0.05, 0.1) is 17.8 Å². The van der Waals surface area contributed by atoms with Gasteiger partial charge in [-0.2, -0.15) is 0 Å². The Bertz CT molecular complexity index is 879. The lowest BCUT2D eigenvalue weighted by molar-refractivity contribution is 0.0886. The smallest absolute Gasteiger partial charge is 0.415 e. The molecule has 1 N–H and O–H groups in total. The number of ether oxygens (including phenoxy) is 2. The van der Waals surface area contributed by atoms with Crippen molar-refractivity contribution in [3.05, 3.63) is 41.4 Å². The number of carbonyl (C=O) groups excluding carboxylic acids is 1. The van der Waals surface area contributed by atoms with Crippen LogP contribution in [0.1, 0.15) is 42.7 Å². The zero-order chi connectivity index (χ0) is 19.3. The highest BCUT2D eigenvalue weighted by Gasteiger charge is 2.48. The molecule has 1 saturated heterocycles. The molecule has 1 aromatic carbocycles. The van der Waals surface area contributed by atoms with Crippen molar-refractivity contribution in [3.63, 3.8) is 0 Å². The Morgan fingerprint density at radius 3 is 2.86 bits per heavy atom. The first-order valence-corrected chi connectivity index (χ1v) is 9.63. The first-order chi connectivity index (χ1) is 13.6. The minimum atomic E-state index is -0.481. The molecule has 2 aliphatic heterocycles. The molecule has 1 aromatic heterocycles. The fraction of sp³-hybridized carbons (Fsp3) is 0.500. The molecule has 1 saturated carbocycles. The monoisotopic (exact) mass is 388 g/mol. The average molecular weight is 388 g/mol. The third kappa shape index (κ3) is 2.92. The van der Waals surface area contributed by atoms with Gasteiger partial charge >= 0.3 is 6.09 Å². The number of amides is 1. The predicted octanol–water partition coefficient (Wildman–Crippen LogP) is 3.16. The number of rotatable bonds is 4. The second-order valence-corrected chi connectivity index (χ2v) is 7.72. The van der Waals surface area contributed by atoms with Crippen molar-refractivity contribution >= 4 is 11.8 Å². The number of halogens is 1. The van der Waals surface area contributed by atoms with Gasteiger partial charge in [0.1, 0.15) is 18.7 Å². The van der Waals surface area contributed by atoms with Crippen molar-refractivity contribution in [1.29, 1.82) is 0 Å². The lowest BCUT2D eigenvalue weighted by Crippen LogP contribution is -2.36. The average Bonchev–Trinajstić information content (AvgIpc) is 3.38. The van der Waals surface area contributed by atoms with E-state index < -0.39 is 12.2 Å². The number of cyclic esters (lactones) is 1. The second kappa shape index (κ2) is 6.77. The number of benzene rings is 1. The summed E-state index contributed by atoms with van der Waals surface area (Å²) < 4.78 is 30.6. The number of hydrogen-bond acceptors (Lipinski definition) is 6. The molecule has 0 spiro atoms. The zero-order valence-electron chi connectivity index (χ0n) is 15.2. The van der Waals surface area contributed by atoms with E-state index in [1.807, 2.05) is 6.07 Å². The van der Waals surface area contributed by atoms with Gasteiger partial charge in [0.25, 0.3) is 5.88 Å². The number of fused-ring (bicyclic) bond motifs is 3. The molecule has 0 bridgehead atoms. The Balaban J connectivity index is 1.36. The van der Waals surface area contributed by atoms with Gasteiger partial charge in [0, 0.05) is 6.07 Å². The van der Waals surface area contributed by atoms with Gasteiger partial charge in [0.15, 0.2) is 6.10 Å². The number of hydrogen-bond donors (Lipinski definition) is 1. The number of aliphatic hydroxyl groups is 1. The molecule has 28 heavy (non-hydrogen) atoms. The van der Waals surface area contributed by atoms with Crippen molar-refractivity contribution < 1.29 is 28.3 Å². The summed E-state index contributed by atoms with van der Waals surface area (Å²) in [6.07, 6.45) is 3.73. The van der Waals surface area contributed by atoms with Gasteiger partial charge in [-0.3, -0.25) is 4.90 Å². The molecule has 2 fully saturated rings. The lowest BCUT2D eigenvalue weighted by Gasteiger charge is -2.26. The van der Waals surface area contributed by atoms with Crippen molar-refractivity contribution in [3.8, 4) is 5.88 Å². The maximum absolute atomic E-state index is 14.9. The summed E-state index contributed by atoms with van der Waals surface area (Å²) in [5.74, 6) is 0.149. The van der Waals surface area contributed by atoms with E-state index in [4.69, 9.17) is 14.0 Å². The highest BCUT2D eigenvalue weighted by Crippen LogP contribution is 2.43. The largest absolute Gasteiger partial charge is 0.471 e. The quantitative estimate of drug-likeness (QED) is 0.866. The molecule has 2 atom stereocenters. The van der Waals surface area contributed by atoms with Crippen molar-refractivity contribution in [1.82, 2.24) is 5.16 Å². The Kier molecular flexibility index (Phi) is 4.23. The molecule has 1 amide bonds. The van der Waals surface area contributed by atoms with Crippen molar-refractivity contribution in [2.24, 2.45) is 0 Å². The van der Waals surface area contributed by atoms with Crippen LogP contribution >= 0.6 is 0 Å². The van der Waals surface area contributed by atoms with Crippen LogP contribution in [-0.2, 0) is 11.2 Å². The normalized spacial score (nSPS) is 28.8. The first-order valence-electron chi connectivity index (χ1n) is 9.63. The summed E-state index contributed by atoms with van der Waals surface area (Å²) in [7, 11) is 0. The fourth-order valence-electron chi connectivity index (χ4n) is 4.59. The van der Waals surface area contributed by atoms with Gasteiger partial charge in [-0.1, -0.05) is 6.07 Å². The minimum absolute atomic E-state index is 0.113. The molecular weight excluding hydrogens is 367 g/mol. The Morgan fingerprint density at radius 1 is 1.29 bits per heavy atom. The predicted molar refractivity (Wildman–Crippen MR) is 95.9 cm³/mol. The highest BCUT2D eigenvalue weighted by molar-refractivity contribution is 5.93. The molecule has 3 heterocycles. The third-order valence-electron chi connectivity index (χ3n) is 6.04. The number of anilines is 1. The molecule has 1 aliphatic carbocycles. The van der Waals surface area contributed by atoms with E-state index in [2.05, 4.69) is 5.16 Å². The van der Waals surface area contributed by atoms with Crippen LogP contribution in [0.2, 0.25) is 0 Å². The van der Waals surface area contributed by atoms with E-state index >= 15 is 0 Å². The Morgan fingerprint density at radius 2 is 2.11 bits per heavy atom. The Labute approximate surface area is 161 Å². The van der Waals surface area contributed by atoms with Crippen LogP contribution < -0.4 is 9.64 Å². The summed E-state index contributed by atoms with van der Waals surface area (Å²) in [6, 6.07) is 4.71. The number of nitrogens with zero attached hydrogens (tertiary/aromatic N) is 2. The van der Waals surface area contributed by atoms with Crippen LogP contribution in [0.25, 0.3) is 0 Å². The third-order valence-corrected chi connectivity index (χ3v) is 6.04. The van der Waals surface area contributed by atoms with E-state index in [1.165, 1.54) is 17.2 Å². The van der Waals surface area contributed by atoms with Gasteiger partial charge in [-0.15, -0.1) is 0 Å². The maximum Gasteiger partial charge on any atom is 0.415 e. The number of aromatic nitrogens is 1. The van der Waals surface area contributed by atoms with Crippen LogP contribution in [0.3, 0.4) is 0 Å². The van der Waals surface area contributed by atoms with Crippen LogP contribution in [-0.4, -0.2) is 41.2 Å². The molecule has 3 aliphatic rings. The molecule has 1 unspecified atom stereocenters. The summed E-state index contributed by atoms with van der Waals surface area (Å²) >= 11 is 0. The van der Waals surface area contributed by atoms with Gasteiger partial charge in [-0.05, 0) is 60.4 Å². The van der Waals surface area contributed by atoms with Gasteiger partial charge in [-0.25, -0.2) is 9.18 Å². The SMILES string of the molecule is O=C1OC(COc2ccon2)[C@@H]2Cc3cc(C4CCC(O)CC4)c(F)cc3N12. The summed E-state index contributed by atoms with van der Waals surface area (Å²) in [6.45, 7) is 0.156. The van der Waals surface area contributed by atoms with Crippen LogP contribution in [0.5, 0.6) is 5.88 Å². The summed E-state index contributed by atoms with van der Waals surface area (Å²) in [5.41, 5.74) is 2.22. The summed E-state index contributed by atoms with van der Waals surface area (Å²) in [4.78, 5) is 13.9. The molecule has 7 nitrogen and oxygen atoms in total. The van der Waals surface area contributed by atoms with Crippen molar-refractivity contribution in [2.45, 2.75) is 56.3 Å². The number of carbonyl (C=O) groups is 1. The summed E-state index contributed by atoms with van der Waals surface area (Å²) in [5, 5.41) is 13.4.